The van der Waals surface area contributed by atoms with Crippen LogP contribution < -0.4 is 10.6 Å². The molecule has 0 heterocycles. The quantitative estimate of drug-likeness (QED) is 0.0352. The van der Waals surface area contributed by atoms with Gasteiger partial charge in [0, 0.05) is 12.8 Å². The second-order valence-corrected chi connectivity index (χ2v) is 18.3. The highest BCUT2D eigenvalue weighted by Crippen LogP contribution is 2.20. The number of aliphatic carboxylic acids is 1. The summed E-state index contributed by atoms with van der Waals surface area (Å²) >= 11 is 0. The molecular weight excluding hydrogens is 765 g/mol. The first-order chi connectivity index (χ1) is 29.8. The van der Waals surface area contributed by atoms with Crippen molar-refractivity contribution in [2.45, 2.75) is 296 Å². The number of carboxylic acids is 1. The van der Waals surface area contributed by atoms with Crippen LogP contribution in [0.15, 0.2) is 0 Å². The predicted molar refractivity (Wildman–Crippen MR) is 255 cm³/mol. The van der Waals surface area contributed by atoms with Crippen molar-refractivity contribution in [3.8, 4) is 0 Å². The van der Waals surface area contributed by atoms with Crippen molar-refractivity contribution in [2.75, 3.05) is 13.2 Å². The number of carbonyl (C=O) groups is 4. The Kier molecular flexibility index (Phi) is 45.6. The average molecular weight is 865 g/mol. The summed E-state index contributed by atoms with van der Waals surface area (Å²) < 4.78 is 6.07. The number of nitrogens with one attached hydrogen (secondary N) is 2. The zero-order valence-electron chi connectivity index (χ0n) is 40.2. The lowest BCUT2D eigenvalue weighted by Crippen LogP contribution is -2.47. The first-order valence-corrected chi connectivity index (χ1v) is 26.4. The molecule has 2 amide bonds. The van der Waals surface area contributed by atoms with Crippen LogP contribution in [-0.4, -0.2) is 59.3 Å². The Morgan fingerprint density at radius 1 is 0.426 bits per heavy atom. The Morgan fingerprint density at radius 2 is 0.738 bits per heavy atom. The Bertz CT molecular complexity index is 993. The molecule has 360 valence electrons. The van der Waals surface area contributed by atoms with Crippen LogP contribution in [0, 0.1) is 0 Å². The van der Waals surface area contributed by atoms with Crippen molar-refractivity contribution >= 4 is 23.8 Å². The van der Waals surface area contributed by atoms with Gasteiger partial charge in [-0.25, -0.2) is 4.79 Å². The summed E-state index contributed by atoms with van der Waals surface area (Å²) in [5, 5.41) is 22.6. The minimum Gasteiger partial charge on any atom is -0.480 e. The largest absolute Gasteiger partial charge is 0.480 e. The Hall–Kier alpha value is -2.16. The molecule has 0 aromatic rings. The Balaban J connectivity index is 4.16. The van der Waals surface area contributed by atoms with Gasteiger partial charge in [-0.2, -0.15) is 0 Å². The Labute approximate surface area is 376 Å². The summed E-state index contributed by atoms with van der Waals surface area (Å²) in [6.07, 6.45) is 51.5. The maximum Gasteiger partial charge on any atom is 0.328 e. The molecule has 2 atom stereocenters. The van der Waals surface area contributed by atoms with Gasteiger partial charge >= 0.3 is 11.9 Å². The summed E-state index contributed by atoms with van der Waals surface area (Å²) in [6.45, 7) is 3.53. The number of amides is 2. The standard InChI is InChI=1S/C52H100N2O7/c1-3-5-7-9-11-13-15-17-18-19-20-21-22-23-24-25-27-29-31-36-40-44-51(58)61-47(41-37-33-30-28-26-16-14-12-10-8-6-4-2)42-38-34-32-35-39-43-49(56)53-45-50(57)54-48(46-55)52(59)60/h47-48,55H,3-46H2,1-2H3,(H,53,56)(H,54,57)(H,59,60). The molecular formula is C52H100N2O7. The van der Waals surface area contributed by atoms with Gasteiger partial charge in [0.1, 0.15) is 12.1 Å². The average Bonchev–Trinajstić information content (AvgIpc) is 3.25. The second-order valence-electron chi connectivity index (χ2n) is 18.3. The van der Waals surface area contributed by atoms with E-state index in [1.807, 2.05) is 0 Å². The molecule has 9 nitrogen and oxygen atoms in total. The van der Waals surface area contributed by atoms with Crippen molar-refractivity contribution in [2.24, 2.45) is 0 Å². The van der Waals surface area contributed by atoms with Crippen molar-refractivity contribution in [1.82, 2.24) is 10.6 Å². The number of carbonyl (C=O) groups excluding carboxylic acids is 3. The second kappa shape index (κ2) is 47.3. The fourth-order valence-electron chi connectivity index (χ4n) is 8.31. The van der Waals surface area contributed by atoms with Crippen molar-refractivity contribution < 1.29 is 34.1 Å². The number of hydrogen-bond donors (Lipinski definition) is 4. The van der Waals surface area contributed by atoms with E-state index in [0.717, 1.165) is 57.8 Å². The normalized spacial score (nSPS) is 12.3. The van der Waals surface area contributed by atoms with E-state index >= 15 is 0 Å². The molecule has 0 saturated carbocycles. The maximum absolute atomic E-state index is 12.9. The van der Waals surface area contributed by atoms with E-state index in [-0.39, 0.29) is 24.5 Å². The number of esters is 1. The first-order valence-electron chi connectivity index (χ1n) is 26.4. The molecule has 4 N–H and O–H groups in total. The van der Waals surface area contributed by atoms with Crippen molar-refractivity contribution in [3.05, 3.63) is 0 Å². The zero-order valence-corrected chi connectivity index (χ0v) is 40.2. The summed E-state index contributed by atoms with van der Waals surface area (Å²) in [5.41, 5.74) is 0. The molecule has 0 fully saturated rings. The van der Waals surface area contributed by atoms with E-state index in [1.54, 1.807) is 0 Å². The monoisotopic (exact) mass is 865 g/mol. The molecule has 0 radical (unpaired) electrons. The third-order valence-electron chi connectivity index (χ3n) is 12.4. The highest BCUT2D eigenvalue weighted by atomic mass is 16.5. The molecule has 0 spiro atoms. The molecule has 2 unspecified atom stereocenters. The first kappa shape index (κ1) is 58.8. The predicted octanol–water partition coefficient (Wildman–Crippen LogP) is 14.0. The lowest BCUT2D eigenvalue weighted by Gasteiger charge is -2.18. The van der Waals surface area contributed by atoms with E-state index in [4.69, 9.17) is 14.9 Å². The van der Waals surface area contributed by atoms with Crippen molar-refractivity contribution in [3.63, 3.8) is 0 Å². The minimum atomic E-state index is -1.38. The number of hydrogen-bond acceptors (Lipinski definition) is 6. The highest BCUT2D eigenvalue weighted by molar-refractivity contribution is 5.87. The lowest BCUT2D eigenvalue weighted by molar-refractivity contribution is -0.150. The van der Waals surface area contributed by atoms with Gasteiger partial charge in [0.05, 0.1) is 13.2 Å². The van der Waals surface area contributed by atoms with Crippen LogP contribution in [-0.2, 0) is 23.9 Å². The van der Waals surface area contributed by atoms with Crippen LogP contribution >= 0.6 is 0 Å². The third kappa shape index (κ3) is 44.3. The van der Waals surface area contributed by atoms with Gasteiger partial charge in [-0.15, -0.1) is 0 Å². The minimum absolute atomic E-state index is 0.00555. The number of aliphatic hydroxyl groups excluding tert-OH is 1. The SMILES string of the molecule is CCCCCCCCCCCCCCCCCCCCCCCC(=O)OC(CCCCCCCCCCCCCC)CCCCCCCC(=O)NCC(=O)NC(CO)C(=O)O. The van der Waals surface area contributed by atoms with Gasteiger partial charge in [-0.05, 0) is 38.5 Å². The molecule has 61 heavy (non-hydrogen) atoms. The topological polar surface area (TPSA) is 142 Å². The molecule has 0 aromatic heterocycles. The van der Waals surface area contributed by atoms with Crippen LogP contribution in [0.3, 0.4) is 0 Å². The fraction of sp³-hybridized carbons (Fsp3) is 0.923. The maximum atomic E-state index is 12.9. The van der Waals surface area contributed by atoms with Gasteiger partial charge in [0.2, 0.25) is 11.8 Å². The van der Waals surface area contributed by atoms with Crippen LogP contribution in [0.2, 0.25) is 0 Å². The van der Waals surface area contributed by atoms with Crippen LogP contribution in [0.25, 0.3) is 0 Å². The molecule has 0 rings (SSSR count). The van der Waals surface area contributed by atoms with Gasteiger partial charge < -0.3 is 25.6 Å². The molecule has 0 aliphatic rings. The number of ether oxygens (including phenoxy) is 1. The zero-order chi connectivity index (χ0) is 44.7. The van der Waals surface area contributed by atoms with Crippen molar-refractivity contribution in [1.29, 1.82) is 0 Å². The summed E-state index contributed by atoms with van der Waals surface area (Å²) in [7, 11) is 0. The summed E-state index contributed by atoms with van der Waals surface area (Å²) in [5.74, 6) is -2.26. The van der Waals surface area contributed by atoms with E-state index < -0.39 is 24.5 Å². The van der Waals surface area contributed by atoms with Crippen LogP contribution in [0.5, 0.6) is 0 Å². The smallest absolute Gasteiger partial charge is 0.328 e. The van der Waals surface area contributed by atoms with Crippen LogP contribution in [0.1, 0.15) is 284 Å². The molecule has 0 bridgehead atoms. The third-order valence-corrected chi connectivity index (χ3v) is 12.4. The Morgan fingerprint density at radius 3 is 1.07 bits per heavy atom. The van der Waals surface area contributed by atoms with Gasteiger partial charge in [0.15, 0.2) is 0 Å². The number of rotatable bonds is 49. The fourth-order valence-corrected chi connectivity index (χ4v) is 8.31. The van der Waals surface area contributed by atoms with E-state index in [0.29, 0.717) is 19.3 Å². The number of unbranched alkanes of at least 4 members (excludes halogenated alkanes) is 35. The summed E-state index contributed by atoms with van der Waals surface area (Å²) in [4.78, 5) is 47.8. The summed E-state index contributed by atoms with van der Waals surface area (Å²) in [6, 6.07) is -1.38. The lowest BCUT2D eigenvalue weighted by atomic mass is 10.0. The molecule has 0 aliphatic carbocycles. The van der Waals surface area contributed by atoms with Gasteiger partial charge in [-0.1, -0.05) is 232 Å². The molecule has 9 heteroatoms. The highest BCUT2D eigenvalue weighted by Gasteiger charge is 2.19. The van der Waals surface area contributed by atoms with Gasteiger partial charge in [-0.3, -0.25) is 14.4 Å². The number of aliphatic hydroxyl groups is 1. The molecule has 0 aliphatic heterocycles. The van der Waals surface area contributed by atoms with E-state index in [1.165, 1.54) is 193 Å². The van der Waals surface area contributed by atoms with E-state index in [9.17, 15) is 19.2 Å². The number of carboxylic acid groups (broad SMARTS) is 1. The van der Waals surface area contributed by atoms with Crippen LogP contribution in [0.4, 0.5) is 0 Å². The molecule has 0 aromatic carbocycles. The van der Waals surface area contributed by atoms with Gasteiger partial charge in [0.25, 0.3) is 0 Å². The molecule has 0 saturated heterocycles. The van der Waals surface area contributed by atoms with E-state index in [2.05, 4.69) is 24.5 Å².